The Morgan fingerprint density at radius 2 is 1.77 bits per heavy atom. The van der Waals surface area contributed by atoms with Crippen LogP contribution in [-0.2, 0) is 0 Å². The summed E-state index contributed by atoms with van der Waals surface area (Å²) < 4.78 is 30.0. The van der Waals surface area contributed by atoms with E-state index < -0.39 is 6.61 Å². The molecule has 3 aromatic rings. The molecule has 0 aliphatic carbocycles. The Morgan fingerprint density at radius 1 is 1.12 bits per heavy atom. The maximum Gasteiger partial charge on any atom is 0.387 e. The largest absolute Gasteiger partial charge is 0.435 e. The quantitative estimate of drug-likeness (QED) is 0.734. The Bertz CT molecular complexity index is 961. The van der Waals surface area contributed by atoms with Gasteiger partial charge in [0, 0.05) is 23.1 Å². The fourth-order valence-electron chi connectivity index (χ4n) is 2.46. The van der Waals surface area contributed by atoms with E-state index in [-0.39, 0.29) is 17.3 Å². The first-order chi connectivity index (χ1) is 12.4. The lowest BCUT2D eigenvalue weighted by atomic mass is 10.2. The zero-order valence-corrected chi connectivity index (χ0v) is 13.7. The predicted octanol–water partition coefficient (Wildman–Crippen LogP) is 3.33. The number of aryl methyl sites for hydroxylation is 1. The molecule has 8 heteroatoms. The third kappa shape index (κ3) is 3.80. The van der Waals surface area contributed by atoms with Crippen molar-refractivity contribution in [1.82, 2.24) is 9.55 Å². The van der Waals surface area contributed by atoms with E-state index in [1.165, 1.54) is 28.8 Å². The normalized spacial score (nSPS) is 10.8. The summed E-state index contributed by atoms with van der Waals surface area (Å²) in [4.78, 5) is 26.6. The number of hydrogen-bond acceptors (Lipinski definition) is 3. The van der Waals surface area contributed by atoms with Gasteiger partial charge in [-0.25, -0.2) is 4.79 Å². The molecule has 26 heavy (non-hydrogen) atoms. The van der Waals surface area contributed by atoms with E-state index >= 15 is 0 Å². The van der Waals surface area contributed by atoms with Gasteiger partial charge >= 0.3 is 12.3 Å². The van der Waals surface area contributed by atoms with Crippen molar-refractivity contribution in [3.63, 3.8) is 0 Å². The molecule has 0 aliphatic heterocycles. The second-order valence-electron chi connectivity index (χ2n) is 5.47. The average molecular weight is 359 g/mol. The molecule has 3 rings (SSSR count). The number of amides is 1. The lowest BCUT2D eigenvalue weighted by Crippen LogP contribution is -2.16. The first kappa shape index (κ1) is 17.4. The molecule has 1 heterocycles. The molecule has 0 saturated carbocycles. The smallest absolute Gasteiger partial charge is 0.387 e. The fraction of sp³-hybridized carbons (Fsp3) is 0.111. The Labute approximate surface area is 147 Å². The summed E-state index contributed by atoms with van der Waals surface area (Å²) in [5.74, 6) is -0.355. The molecule has 2 N–H and O–H groups in total. The zero-order chi connectivity index (χ0) is 18.7. The van der Waals surface area contributed by atoms with E-state index in [2.05, 4.69) is 15.0 Å². The molecule has 6 nitrogen and oxygen atoms in total. The van der Waals surface area contributed by atoms with Crippen LogP contribution in [0.1, 0.15) is 16.1 Å². The van der Waals surface area contributed by atoms with E-state index in [1.807, 2.05) is 0 Å². The average Bonchev–Trinajstić information content (AvgIpc) is 2.95. The van der Waals surface area contributed by atoms with Gasteiger partial charge in [-0.1, -0.05) is 0 Å². The van der Waals surface area contributed by atoms with Gasteiger partial charge in [-0.05, 0) is 55.5 Å². The number of H-pyrrole nitrogens is 1. The third-order valence-electron chi connectivity index (χ3n) is 3.69. The van der Waals surface area contributed by atoms with Crippen LogP contribution >= 0.6 is 0 Å². The summed E-state index contributed by atoms with van der Waals surface area (Å²) in [6.45, 7) is -1.11. The highest BCUT2D eigenvalue weighted by Crippen LogP contribution is 2.18. The number of anilines is 1. The highest BCUT2D eigenvalue weighted by molar-refractivity contribution is 6.04. The lowest BCUT2D eigenvalue weighted by molar-refractivity contribution is -0.0498. The number of halogens is 2. The van der Waals surface area contributed by atoms with Crippen LogP contribution in [0.15, 0.2) is 59.5 Å². The number of aromatic nitrogens is 2. The van der Waals surface area contributed by atoms with E-state index in [4.69, 9.17) is 0 Å². The van der Waals surface area contributed by atoms with Crippen molar-refractivity contribution in [2.45, 2.75) is 13.5 Å². The summed E-state index contributed by atoms with van der Waals surface area (Å²) >= 11 is 0. The maximum absolute atomic E-state index is 12.3. The number of ether oxygens (including phenoxy) is 1. The van der Waals surface area contributed by atoms with Gasteiger partial charge in [0.15, 0.2) is 0 Å². The third-order valence-corrected chi connectivity index (χ3v) is 3.69. The summed E-state index contributed by atoms with van der Waals surface area (Å²) in [7, 11) is 0. The Kier molecular flexibility index (Phi) is 4.83. The van der Waals surface area contributed by atoms with Crippen LogP contribution in [0.5, 0.6) is 5.75 Å². The number of alkyl halides is 2. The minimum Gasteiger partial charge on any atom is -0.435 e. The topological polar surface area (TPSA) is 76.1 Å². The van der Waals surface area contributed by atoms with Crippen LogP contribution in [0.4, 0.5) is 14.5 Å². The molecule has 134 valence electrons. The van der Waals surface area contributed by atoms with E-state index in [9.17, 15) is 18.4 Å². The minimum atomic E-state index is -2.90. The van der Waals surface area contributed by atoms with Crippen LogP contribution in [0.25, 0.3) is 5.69 Å². The second-order valence-corrected chi connectivity index (χ2v) is 5.47. The number of carbonyl (C=O) groups is 1. The van der Waals surface area contributed by atoms with Crippen molar-refractivity contribution in [3.05, 3.63) is 76.5 Å². The number of imidazole rings is 1. The van der Waals surface area contributed by atoms with Crippen LogP contribution in [-0.4, -0.2) is 22.1 Å². The molecule has 0 atom stereocenters. The number of rotatable bonds is 5. The molecule has 0 fully saturated rings. The van der Waals surface area contributed by atoms with Gasteiger partial charge in [0.25, 0.3) is 5.91 Å². The van der Waals surface area contributed by atoms with Gasteiger partial charge in [-0.15, -0.1) is 0 Å². The van der Waals surface area contributed by atoms with Crippen LogP contribution < -0.4 is 15.7 Å². The SMILES string of the molecule is Cc1c[nH]c(=O)n1-c1ccc(C(=O)Nc2ccc(OC(F)F)cc2)cc1. The number of aromatic amines is 1. The summed E-state index contributed by atoms with van der Waals surface area (Å²) in [6, 6.07) is 12.1. The monoisotopic (exact) mass is 359 g/mol. The molecule has 1 amide bonds. The van der Waals surface area contributed by atoms with Crippen LogP contribution in [0.3, 0.4) is 0 Å². The Morgan fingerprint density at radius 3 is 2.31 bits per heavy atom. The molecule has 1 aromatic heterocycles. The number of hydrogen-bond donors (Lipinski definition) is 2. The molecule has 0 radical (unpaired) electrons. The van der Waals surface area contributed by atoms with Gasteiger partial charge in [0.2, 0.25) is 0 Å². The summed E-state index contributed by atoms with van der Waals surface area (Å²) in [6.07, 6.45) is 1.60. The van der Waals surface area contributed by atoms with Crippen molar-refractivity contribution in [2.75, 3.05) is 5.32 Å². The lowest BCUT2D eigenvalue weighted by Gasteiger charge is -2.09. The van der Waals surface area contributed by atoms with Gasteiger partial charge in [0.1, 0.15) is 5.75 Å². The molecule has 2 aromatic carbocycles. The van der Waals surface area contributed by atoms with E-state index in [0.29, 0.717) is 16.9 Å². The molecule has 0 saturated heterocycles. The standard InChI is InChI=1S/C18H15F2N3O3/c1-11-10-21-18(25)23(11)14-6-2-12(3-7-14)16(24)22-13-4-8-15(9-5-13)26-17(19)20/h2-10,17H,1H3,(H,21,25)(H,22,24). The van der Waals surface area contributed by atoms with Crippen molar-refractivity contribution < 1.29 is 18.3 Å². The van der Waals surface area contributed by atoms with E-state index in [1.54, 1.807) is 37.4 Å². The summed E-state index contributed by atoms with van der Waals surface area (Å²) in [5, 5.41) is 2.66. The highest BCUT2D eigenvalue weighted by Gasteiger charge is 2.09. The predicted molar refractivity (Wildman–Crippen MR) is 92.2 cm³/mol. The molecular weight excluding hydrogens is 344 g/mol. The highest BCUT2D eigenvalue weighted by atomic mass is 19.3. The van der Waals surface area contributed by atoms with Gasteiger partial charge < -0.3 is 15.0 Å². The van der Waals surface area contributed by atoms with Crippen LogP contribution in [0, 0.1) is 6.92 Å². The minimum absolute atomic E-state index is 0.00895. The first-order valence-electron chi connectivity index (χ1n) is 7.68. The molecular formula is C18H15F2N3O3. The van der Waals surface area contributed by atoms with Crippen molar-refractivity contribution in [2.24, 2.45) is 0 Å². The van der Waals surface area contributed by atoms with Crippen LogP contribution in [0.2, 0.25) is 0 Å². The number of benzene rings is 2. The van der Waals surface area contributed by atoms with Crippen molar-refractivity contribution >= 4 is 11.6 Å². The molecule has 0 spiro atoms. The Hall–Kier alpha value is -3.42. The van der Waals surface area contributed by atoms with Gasteiger partial charge in [-0.3, -0.25) is 9.36 Å². The maximum atomic E-state index is 12.3. The number of nitrogens with zero attached hydrogens (tertiary/aromatic N) is 1. The zero-order valence-electron chi connectivity index (χ0n) is 13.7. The number of nitrogens with one attached hydrogen (secondary N) is 2. The van der Waals surface area contributed by atoms with Crippen molar-refractivity contribution in [3.8, 4) is 11.4 Å². The van der Waals surface area contributed by atoms with Crippen molar-refractivity contribution in [1.29, 1.82) is 0 Å². The Balaban J connectivity index is 1.71. The van der Waals surface area contributed by atoms with Gasteiger partial charge in [-0.2, -0.15) is 8.78 Å². The second kappa shape index (κ2) is 7.22. The fourth-order valence-corrected chi connectivity index (χ4v) is 2.46. The molecule has 0 unspecified atom stereocenters. The number of carbonyl (C=O) groups excluding carboxylic acids is 1. The first-order valence-corrected chi connectivity index (χ1v) is 7.68. The van der Waals surface area contributed by atoms with Gasteiger partial charge in [0.05, 0.1) is 5.69 Å². The molecule has 0 bridgehead atoms. The van der Waals surface area contributed by atoms with E-state index in [0.717, 1.165) is 5.69 Å². The molecule has 0 aliphatic rings. The summed E-state index contributed by atoms with van der Waals surface area (Å²) in [5.41, 5.74) is 1.96.